The summed E-state index contributed by atoms with van der Waals surface area (Å²) >= 11 is 5.88. The summed E-state index contributed by atoms with van der Waals surface area (Å²) in [5.74, 6) is -1.03. The van der Waals surface area contributed by atoms with Crippen molar-refractivity contribution >= 4 is 39.0 Å². The second kappa shape index (κ2) is 9.87. The Morgan fingerprint density at radius 3 is 2.30 bits per heavy atom. The van der Waals surface area contributed by atoms with E-state index in [9.17, 15) is 18.0 Å². The predicted octanol–water partition coefficient (Wildman–Crippen LogP) is 4.61. The molecule has 4 rings (SSSR count). The summed E-state index contributed by atoms with van der Waals surface area (Å²) < 4.78 is 27.4. The van der Waals surface area contributed by atoms with Gasteiger partial charge in [-0.15, -0.1) is 0 Å². The van der Waals surface area contributed by atoms with E-state index in [1.807, 2.05) is 6.07 Å². The van der Waals surface area contributed by atoms with Crippen LogP contribution in [0.2, 0.25) is 5.02 Å². The first-order chi connectivity index (χ1) is 15.9. The van der Waals surface area contributed by atoms with Gasteiger partial charge in [-0.25, -0.2) is 8.42 Å². The van der Waals surface area contributed by atoms with E-state index in [1.54, 1.807) is 48.5 Å². The summed E-state index contributed by atoms with van der Waals surface area (Å²) in [4.78, 5) is 26.2. The lowest BCUT2D eigenvalue weighted by Crippen LogP contribution is -2.43. The van der Waals surface area contributed by atoms with Crippen molar-refractivity contribution in [1.29, 1.82) is 0 Å². The zero-order chi connectivity index (χ0) is 23.4. The van der Waals surface area contributed by atoms with Crippen molar-refractivity contribution in [1.82, 2.24) is 4.31 Å². The largest absolute Gasteiger partial charge is 0.325 e. The van der Waals surface area contributed by atoms with E-state index in [0.29, 0.717) is 41.2 Å². The summed E-state index contributed by atoms with van der Waals surface area (Å²) in [6.45, 7) is 0.420. The first-order valence-corrected chi connectivity index (χ1v) is 12.4. The molecule has 1 fully saturated rings. The number of rotatable bonds is 6. The molecule has 0 unspecified atom stereocenters. The molecule has 0 radical (unpaired) electrons. The second-order valence-corrected chi connectivity index (χ2v) is 10.3. The Hall–Kier alpha value is -3.00. The lowest BCUT2D eigenvalue weighted by atomic mass is 9.97. The van der Waals surface area contributed by atoms with Gasteiger partial charge in [-0.3, -0.25) is 9.59 Å². The molecule has 1 atom stereocenters. The van der Waals surface area contributed by atoms with Crippen molar-refractivity contribution in [3.63, 3.8) is 0 Å². The number of benzene rings is 3. The molecule has 1 saturated heterocycles. The summed E-state index contributed by atoms with van der Waals surface area (Å²) in [6.07, 6.45) is 1.13. The van der Waals surface area contributed by atoms with Crippen LogP contribution < -0.4 is 5.32 Å². The maximum absolute atomic E-state index is 13.1. The first-order valence-electron chi connectivity index (χ1n) is 10.6. The van der Waals surface area contributed by atoms with Gasteiger partial charge in [0.05, 0.1) is 16.5 Å². The monoisotopic (exact) mass is 482 g/mol. The van der Waals surface area contributed by atoms with Gasteiger partial charge in [-0.05, 0) is 49.2 Å². The number of nitrogens with zero attached hydrogens (tertiary/aromatic N) is 1. The van der Waals surface area contributed by atoms with E-state index in [4.69, 9.17) is 11.6 Å². The Labute approximate surface area is 198 Å². The molecule has 0 aromatic heterocycles. The smallest absolute Gasteiger partial charge is 0.243 e. The quantitative estimate of drug-likeness (QED) is 0.520. The Balaban J connectivity index is 1.50. The van der Waals surface area contributed by atoms with Crippen LogP contribution in [0.4, 0.5) is 5.69 Å². The fraction of sp³-hybridized carbons (Fsp3) is 0.200. The maximum atomic E-state index is 13.1. The van der Waals surface area contributed by atoms with Crippen LogP contribution in [-0.4, -0.2) is 37.5 Å². The number of sulfonamides is 1. The van der Waals surface area contributed by atoms with Crippen LogP contribution in [-0.2, 0) is 14.8 Å². The molecule has 33 heavy (non-hydrogen) atoms. The van der Waals surface area contributed by atoms with Crippen LogP contribution in [0.5, 0.6) is 0 Å². The number of hydrogen-bond donors (Lipinski definition) is 1. The maximum Gasteiger partial charge on any atom is 0.243 e. The minimum atomic E-state index is -3.74. The highest BCUT2D eigenvalue weighted by Gasteiger charge is 2.33. The van der Waals surface area contributed by atoms with Crippen LogP contribution >= 0.6 is 11.6 Å². The third-order valence-electron chi connectivity index (χ3n) is 5.67. The molecule has 1 amide bonds. The SMILES string of the molecule is O=C(c1ccccc1)c1ccccc1NC(=O)[C@@H]1CCCN(S(=O)(=O)c2ccc(Cl)cc2)C1. The summed E-state index contributed by atoms with van der Waals surface area (Å²) in [5.41, 5.74) is 1.32. The zero-order valence-corrected chi connectivity index (χ0v) is 19.4. The van der Waals surface area contributed by atoms with Gasteiger partial charge in [0.25, 0.3) is 0 Å². The third kappa shape index (κ3) is 5.16. The molecule has 0 spiro atoms. The number of carbonyl (C=O) groups excluding carboxylic acids is 2. The highest BCUT2D eigenvalue weighted by atomic mass is 35.5. The topological polar surface area (TPSA) is 83.6 Å². The Morgan fingerprint density at radius 2 is 1.58 bits per heavy atom. The van der Waals surface area contributed by atoms with Gasteiger partial charge in [-0.1, -0.05) is 54.1 Å². The molecule has 6 nitrogen and oxygen atoms in total. The van der Waals surface area contributed by atoms with E-state index < -0.39 is 15.9 Å². The number of hydrogen-bond acceptors (Lipinski definition) is 4. The van der Waals surface area contributed by atoms with Gasteiger partial charge in [0.2, 0.25) is 15.9 Å². The van der Waals surface area contributed by atoms with Crippen molar-refractivity contribution < 1.29 is 18.0 Å². The van der Waals surface area contributed by atoms with E-state index in [0.717, 1.165) is 0 Å². The van der Waals surface area contributed by atoms with E-state index >= 15 is 0 Å². The number of nitrogens with one attached hydrogen (secondary N) is 1. The molecule has 8 heteroatoms. The predicted molar refractivity (Wildman–Crippen MR) is 128 cm³/mol. The molecule has 1 aliphatic rings. The van der Waals surface area contributed by atoms with E-state index in [-0.39, 0.29) is 23.1 Å². The third-order valence-corrected chi connectivity index (χ3v) is 7.80. The van der Waals surface area contributed by atoms with Crippen molar-refractivity contribution in [2.24, 2.45) is 5.92 Å². The lowest BCUT2D eigenvalue weighted by molar-refractivity contribution is -0.120. The number of para-hydroxylation sites is 1. The number of carbonyl (C=O) groups is 2. The van der Waals surface area contributed by atoms with Crippen LogP contribution in [0.1, 0.15) is 28.8 Å². The Kier molecular flexibility index (Phi) is 6.93. The van der Waals surface area contributed by atoms with E-state index in [2.05, 4.69) is 5.32 Å². The Morgan fingerprint density at radius 1 is 0.909 bits per heavy atom. The van der Waals surface area contributed by atoms with Crippen molar-refractivity contribution in [3.05, 3.63) is 95.0 Å². The minimum Gasteiger partial charge on any atom is -0.325 e. The standard InChI is InChI=1S/C25H23ClN2O4S/c26-20-12-14-21(15-13-20)33(31,32)28-16-6-9-19(17-28)25(30)27-23-11-5-4-10-22(23)24(29)18-7-2-1-3-8-18/h1-5,7-8,10-15,19H,6,9,16-17H2,(H,27,30)/t19-/m1/s1. The van der Waals surface area contributed by atoms with Gasteiger partial charge in [-0.2, -0.15) is 4.31 Å². The van der Waals surface area contributed by atoms with Crippen molar-refractivity contribution in [2.45, 2.75) is 17.7 Å². The van der Waals surface area contributed by atoms with Gasteiger partial charge >= 0.3 is 0 Å². The van der Waals surface area contributed by atoms with Crippen molar-refractivity contribution in [2.75, 3.05) is 18.4 Å². The first kappa shape index (κ1) is 23.2. The lowest BCUT2D eigenvalue weighted by Gasteiger charge is -2.31. The fourth-order valence-corrected chi connectivity index (χ4v) is 5.55. The molecule has 0 bridgehead atoms. The van der Waals surface area contributed by atoms with Gasteiger partial charge in [0.15, 0.2) is 5.78 Å². The number of piperidine rings is 1. The molecule has 3 aromatic rings. The van der Waals surface area contributed by atoms with Crippen LogP contribution in [0.25, 0.3) is 0 Å². The molecular formula is C25H23ClN2O4S. The molecule has 0 saturated carbocycles. The number of halogens is 1. The van der Waals surface area contributed by atoms with Crippen LogP contribution in [0.3, 0.4) is 0 Å². The highest BCUT2D eigenvalue weighted by Crippen LogP contribution is 2.27. The minimum absolute atomic E-state index is 0.0750. The summed E-state index contributed by atoms with van der Waals surface area (Å²) in [7, 11) is -3.74. The zero-order valence-electron chi connectivity index (χ0n) is 17.8. The van der Waals surface area contributed by atoms with E-state index in [1.165, 1.54) is 28.6 Å². The fourth-order valence-electron chi connectivity index (χ4n) is 3.90. The summed E-state index contributed by atoms with van der Waals surface area (Å²) in [5, 5.41) is 3.30. The van der Waals surface area contributed by atoms with Gasteiger partial charge in [0.1, 0.15) is 0 Å². The van der Waals surface area contributed by atoms with Crippen molar-refractivity contribution in [3.8, 4) is 0 Å². The average molecular weight is 483 g/mol. The summed E-state index contributed by atoms with van der Waals surface area (Å²) in [6, 6.07) is 21.7. The van der Waals surface area contributed by atoms with Crippen LogP contribution in [0, 0.1) is 5.92 Å². The van der Waals surface area contributed by atoms with Crippen LogP contribution in [0.15, 0.2) is 83.8 Å². The molecule has 1 N–H and O–H groups in total. The highest BCUT2D eigenvalue weighted by molar-refractivity contribution is 7.89. The number of anilines is 1. The molecule has 3 aromatic carbocycles. The average Bonchev–Trinajstić information content (AvgIpc) is 2.85. The molecule has 1 heterocycles. The van der Waals surface area contributed by atoms with Gasteiger partial charge < -0.3 is 5.32 Å². The number of amides is 1. The molecular weight excluding hydrogens is 460 g/mol. The number of ketones is 1. The Bertz CT molecular complexity index is 1260. The molecule has 1 aliphatic heterocycles. The molecule has 0 aliphatic carbocycles. The normalized spacial score (nSPS) is 16.8. The van der Waals surface area contributed by atoms with Gasteiger partial charge in [0, 0.05) is 29.2 Å². The second-order valence-electron chi connectivity index (χ2n) is 7.89. The molecule has 170 valence electrons.